The predicted octanol–water partition coefficient (Wildman–Crippen LogP) is 3.53. The summed E-state index contributed by atoms with van der Waals surface area (Å²) in [6.45, 7) is 2.05. The molecule has 1 atom stereocenters. The number of aryl methyl sites for hydroxylation is 1. The van der Waals surface area contributed by atoms with Crippen LogP contribution in [0.4, 0.5) is 9.18 Å². The number of methoxy groups -OCH3 is 1. The monoisotopic (exact) mass is 422 g/mol. The van der Waals surface area contributed by atoms with Crippen molar-refractivity contribution in [2.24, 2.45) is 0 Å². The first-order valence-corrected chi connectivity index (χ1v) is 9.66. The van der Waals surface area contributed by atoms with Crippen LogP contribution in [0.5, 0.6) is 5.75 Å². The van der Waals surface area contributed by atoms with Crippen LogP contribution in [0.3, 0.4) is 0 Å². The number of fused-ring (bicyclic) bond motifs is 1. The molecule has 2 heterocycles. The van der Waals surface area contributed by atoms with E-state index in [1.807, 2.05) is 6.07 Å². The lowest BCUT2D eigenvalue weighted by atomic mass is 10.1. The number of ether oxygens (including phenoxy) is 1. The average Bonchev–Trinajstić information content (AvgIpc) is 3.24. The van der Waals surface area contributed by atoms with Crippen LogP contribution >= 0.6 is 0 Å². The van der Waals surface area contributed by atoms with Gasteiger partial charge >= 0.3 is 6.09 Å². The summed E-state index contributed by atoms with van der Waals surface area (Å²) in [4.78, 5) is 31.2. The zero-order valence-corrected chi connectivity index (χ0v) is 16.9. The Morgan fingerprint density at radius 2 is 2.13 bits per heavy atom. The van der Waals surface area contributed by atoms with Crippen molar-refractivity contribution in [2.75, 3.05) is 13.7 Å². The van der Waals surface area contributed by atoms with Gasteiger partial charge < -0.3 is 9.84 Å². The van der Waals surface area contributed by atoms with E-state index < -0.39 is 23.5 Å². The molecule has 0 spiro atoms. The van der Waals surface area contributed by atoms with E-state index in [0.717, 1.165) is 6.07 Å². The zero-order chi connectivity index (χ0) is 22.3. The van der Waals surface area contributed by atoms with Crippen LogP contribution in [0.15, 0.2) is 35.1 Å². The van der Waals surface area contributed by atoms with Crippen LogP contribution in [0.25, 0.3) is 16.6 Å². The van der Waals surface area contributed by atoms with E-state index >= 15 is 0 Å². The average molecular weight is 422 g/mol. The van der Waals surface area contributed by atoms with E-state index in [1.54, 1.807) is 13.0 Å². The SMILES string of the molecule is COc1ccc(-n2c(C3CCCN3C(=O)O)nc3c(C)cc(C#N)cc3c2=O)cc1F. The molecule has 0 aliphatic carbocycles. The summed E-state index contributed by atoms with van der Waals surface area (Å²) in [6.07, 6.45) is -0.00673. The lowest BCUT2D eigenvalue weighted by molar-refractivity contribution is 0.138. The highest BCUT2D eigenvalue weighted by Gasteiger charge is 2.34. The molecule has 1 unspecified atom stereocenters. The van der Waals surface area contributed by atoms with Gasteiger partial charge in [0.25, 0.3) is 5.56 Å². The molecule has 0 bridgehead atoms. The number of aromatic nitrogens is 2. The first kappa shape index (κ1) is 20.3. The Bertz CT molecular complexity index is 1310. The molecule has 8 nitrogen and oxygen atoms in total. The molecule has 1 amide bonds. The molecule has 1 saturated heterocycles. The fourth-order valence-electron chi connectivity index (χ4n) is 4.08. The summed E-state index contributed by atoms with van der Waals surface area (Å²) in [5.74, 6) is -0.432. The van der Waals surface area contributed by atoms with Crippen molar-refractivity contribution in [1.82, 2.24) is 14.5 Å². The molecule has 1 fully saturated rings. The second-order valence-corrected chi connectivity index (χ2v) is 7.36. The van der Waals surface area contributed by atoms with Crippen molar-refractivity contribution in [3.63, 3.8) is 0 Å². The number of amides is 1. The lowest BCUT2D eigenvalue weighted by Crippen LogP contribution is -2.34. The van der Waals surface area contributed by atoms with Crippen molar-refractivity contribution < 1.29 is 19.0 Å². The third-order valence-corrected chi connectivity index (χ3v) is 5.51. The summed E-state index contributed by atoms with van der Waals surface area (Å²) in [7, 11) is 1.34. The Kier molecular flexibility index (Phi) is 5.07. The normalized spacial score (nSPS) is 15.8. The van der Waals surface area contributed by atoms with Crippen molar-refractivity contribution in [3.8, 4) is 17.5 Å². The number of rotatable bonds is 3. The van der Waals surface area contributed by atoms with E-state index in [-0.39, 0.29) is 22.6 Å². The number of benzene rings is 2. The third-order valence-electron chi connectivity index (χ3n) is 5.51. The number of nitrogens with zero attached hydrogens (tertiary/aromatic N) is 4. The minimum atomic E-state index is -1.11. The standard InChI is InChI=1S/C22H19FN4O4/c1-12-8-13(11-24)9-15-19(12)25-20(17-4-3-7-26(17)22(29)30)27(21(15)28)14-5-6-18(31-2)16(23)10-14/h5-6,8-10,17H,3-4,7H2,1-2H3,(H,29,30). The molecule has 2 aromatic carbocycles. The summed E-state index contributed by atoms with van der Waals surface area (Å²) >= 11 is 0. The number of hydrogen-bond acceptors (Lipinski definition) is 5. The highest BCUT2D eigenvalue weighted by molar-refractivity contribution is 5.83. The maximum atomic E-state index is 14.5. The molecular formula is C22H19FN4O4. The minimum Gasteiger partial charge on any atom is -0.494 e. The molecule has 3 aromatic rings. The number of halogens is 1. The highest BCUT2D eigenvalue weighted by Crippen LogP contribution is 2.33. The Morgan fingerprint density at radius 3 is 2.77 bits per heavy atom. The molecule has 158 valence electrons. The van der Waals surface area contributed by atoms with Crippen molar-refractivity contribution in [3.05, 3.63) is 63.5 Å². The van der Waals surface area contributed by atoms with Crippen LogP contribution < -0.4 is 10.3 Å². The maximum Gasteiger partial charge on any atom is 0.407 e. The Balaban J connectivity index is 2.07. The van der Waals surface area contributed by atoms with Gasteiger partial charge in [-0.1, -0.05) is 0 Å². The van der Waals surface area contributed by atoms with E-state index in [9.17, 15) is 24.3 Å². The highest BCUT2D eigenvalue weighted by atomic mass is 19.1. The number of likely N-dealkylation sites (tertiary alicyclic amines) is 1. The van der Waals surface area contributed by atoms with Gasteiger partial charge in [0.15, 0.2) is 11.6 Å². The molecule has 1 N–H and O–H groups in total. The summed E-state index contributed by atoms with van der Waals surface area (Å²) in [6, 6.07) is 8.50. The van der Waals surface area contributed by atoms with E-state index in [1.165, 1.54) is 34.8 Å². The van der Waals surface area contributed by atoms with Crippen LogP contribution in [-0.2, 0) is 0 Å². The van der Waals surface area contributed by atoms with Gasteiger partial charge in [0, 0.05) is 12.6 Å². The molecule has 0 saturated carbocycles. The minimum absolute atomic E-state index is 0.0164. The van der Waals surface area contributed by atoms with E-state index in [4.69, 9.17) is 4.74 Å². The second kappa shape index (κ2) is 7.72. The molecule has 9 heteroatoms. The topological polar surface area (TPSA) is 108 Å². The number of carbonyl (C=O) groups is 1. The summed E-state index contributed by atoms with van der Waals surface area (Å²) in [5.41, 5.74) is 1.02. The van der Waals surface area contributed by atoms with Crippen LogP contribution in [-0.4, -0.2) is 39.3 Å². The van der Waals surface area contributed by atoms with Gasteiger partial charge in [0.05, 0.1) is 41.4 Å². The van der Waals surface area contributed by atoms with Crippen LogP contribution in [0, 0.1) is 24.1 Å². The van der Waals surface area contributed by atoms with Crippen molar-refractivity contribution in [2.45, 2.75) is 25.8 Å². The molecule has 4 rings (SSSR count). The first-order valence-electron chi connectivity index (χ1n) is 9.66. The second-order valence-electron chi connectivity index (χ2n) is 7.36. The van der Waals surface area contributed by atoms with Gasteiger partial charge in [0.2, 0.25) is 0 Å². The van der Waals surface area contributed by atoms with Gasteiger partial charge in [-0.15, -0.1) is 0 Å². The fraction of sp³-hybridized carbons (Fsp3) is 0.273. The lowest BCUT2D eigenvalue weighted by Gasteiger charge is -2.25. The Hall–Kier alpha value is -3.93. The van der Waals surface area contributed by atoms with Crippen molar-refractivity contribution >= 4 is 17.0 Å². The van der Waals surface area contributed by atoms with E-state index in [2.05, 4.69) is 4.98 Å². The Labute approximate surface area is 176 Å². The first-order chi connectivity index (χ1) is 14.8. The predicted molar refractivity (Wildman–Crippen MR) is 110 cm³/mol. The summed E-state index contributed by atoms with van der Waals surface area (Å²) in [5, 5.41) is 19.1. The molecule has 31 heavy (non-hydrogen) atoms. The summed E-state index contributed by atoms with van der Waals surface area (Å²) < 4.78 is 20.7. The number of carboxylic acid groups (broad SMARTS) is 1. The quantitative estimate of drug-likeness (QED) is 0.692. The molecular weight excluding hydrogens is 403 g/mol. The fourth-order valence-corrected chi connectivity index (χ4v) is 4.08. The smallest absolute Gasteiger partial charge is 0.407 e. The third kappa shape index (κ3) is 3.36. The number of nitriles is 1. The van der Waals surface area contributed by atoms with Crippen molar-refractivity contribution in [1.29, 1.82) is 5.26 Å². The van der Waals surface area contributed by atoms with Gasteiger partial charge in [0.1, 0.15) is 5.82 Å². The zero-order valence-electron chi connectivity index (χ0n) is 16.9. The molecule has 0 radical (unpaired) electrons. The Morgan fingerprint density at radius 1 is 1.35 bits per heavy atom. The molecule has 1 aliphatic heterocycles. The number of hydrogen-bond donors (Lipinski definition) is 1. The molecule has 1 aliphatic rings. The van der Waals surface area contributed by atoms with E-state index in [0.29, 0.717) is 36.0 Å². The molecule has 1 aromatic heterocycles. The largest absolute Gasteiger partial charge is 0.494 e. The van der Waals surface area contributed by atoms with Gasteiger partial charge in [-0.05, 0) is 49.6 Å². The van der Waals surface area contributed by atoms with Gasteiger partial charge in [-0.2, -0.15) is 5.26 Å². The van der Waals surface area contributed by atoms with Crippen LogP contribution in [0.2, 0.25) is 0 Å². The maximum absolute atomic E-state index is 14.5. The van der Waals surface area contributed by atoms with Gasteiger partial charge in [-0.25, -0.2) is 14.2 Å². The van der Waals surface area contributed by atoms with Gasteiger partial charge in [-0.3, -0.25) is 14.3 Å². The van der Waals surface area contributed by atoms with Crippen LogP contribution in [0.1, 0.15) is 35.8 Å².